The van der Waals surface area contributed by atoms with Crippen molar-refractivity contribution in [2.45, 2.75) is 26.4 Å². The van der Waals surface area contributed by atoms with Gasteiger partial charge in [0.15, 0.2) is 0 Å². The smallest absolute Gasteiger partial charge is 0.412 e. The van der Waals surface area contributed by atoms with Gasteiger partial charge in [0.2, 0.25) is 5.88 Å². The highest BCUT2D eigenvalue weighted by Gasteiger charge is 2.16. The van der Waals surface area contributed by atoms with E-state index in [-0.39, 0.29) is 0 Å². The summed E-state index contributed by atoms with van der Waals surface area (Å²) < 4.78 is 11.7. The van der Waals surface area contributed by atoms with Crippen molar-refractivity contribution in [1.29, 1.82) is 0 Å². The zero-order chi connectivity index (χ0) is 16.2. The molecule has 6 heteroatoms. The predicted octanol–water partition coefficient (Wildman–Crippen LogP) is 4.98. The second-order valence-electron chi connectivity index (χ2n) is 5.54. The fourth-order valence-electron chi connectivity index (χ4n) is 1.60. The van der Waals surface area contributed by atoms with Crippen LogP contribution in [0, 0.1) is 0 Å². The summed E-state index contributed by atoms with van der Waals surface area (Å²) in [6.45, 7) is 5.42. The lowest BCUT2D eigenvalue weighted by Crippen LogP contribution is -2.27. The van der Waals surface area contributed by atoms with E-state index in [0.717, 1.165) is 4.47 Å². The number of hydrogen-bond donors (Lipinski definition) is 1. The number of halogens is 1. The topological polar surface area (TPSA) is 60.5 Å². The first-order valence-electron chi connectivity index (χ1n) is 6.72. The summed E-state index contributed by atoms with van der Waals surface area (Å²) in [6.07, 6.45) is 1.03. The molecule has 0 aliphatic carbocycles. The molecule has 0 unspecified atom stereocenters. The number of rotatable bonds is 3. The van der Waals surface area contributed by atoms with Gasteiger partial charge in [0, 0.05) is 12.3 Å². The summed E-state index contributed by atoms with van der Waals surface area (Å²) in [5.74, 6) is 1.02. The molecule has 1 N–H and O–H groups in total. The Morgan fingerprint density at radius 2 is 1.95 bits per heavy atom. The molecule has 1 aromatic carbocycles. The van der Waals surface area contributed by atoms with Crippen molar-refractivity contribution in [3.8, 4) is 11.6 Å². The summed E-state index contributed by atoms with van der Waals surface area (Å²) in [5.41, 5.74) is -0.00275. The van der Waals surface area contributed by atoms with Crippen molar-refractivity contribution >= 4 is 27.7 Å². The first-order chi connectivity index (χ1) is 10.3. The van der Waals surface area contributed by atoms with E-state index < -0.39 is 11.7 Å². The van der Waals surface area contributed by atoms with Crippen LogP contribution in [0.3, 0.4) is 0 Å². The Bertz CT molecular complexity index is 668. The van der Waals surface area contributed by atoms with Gasteiger partial charge in [0.25, 0.3) is 0 Å². The van der Waals surface area contributed by atoms with Gasteiger partial charge in [-0.25, -0.2) is 9.78 Å². The van der Waals surface area contributed by atoms with Crippen molar-refractivity contribution in [1.82, 2.24) is 4.98 Å². The van der Waals surface area contributed by atoms with Crippen LogP contribution in [-0.2, 0) is 4.74 Å². The highest BCUT2D eigenvalue weighted by molar-refractivity contribution is 9.10. The highest BCUT2D eigenvalue weighted by atomic mass is 79.9. The molecule has 116 valence electrons. The second kappa shape index (κ2) is 6.79. The van der Waals surface area contributed by atoms with Crippen molar-refractivity contribution < 1.29 is 14.3 Å². The van der Waals surface area contributed by atoms with E-state index in [0.29, 0.717) is 17.3 Å². The second-order valence-corrected chi connectivity index (χ2v) is 6.40. The number of para-hydroxylation sites is 1. The summed E-state index contributed by atoms with van der Waals surface area (Å²) in [4.78, 5) is 15.9. The van der Waals surface area contributed by atoms with E-state index in [1.165, 1.54) is 0 Å². The number of amides is 1. The lowest BCUT2D eigenvalue weighted by Gasteiger charge is -2.19. The standard InChI is InChI=1S/C16H17BrN2O3/c1-16(2,3)22-15(20)19-11-8-9-18-14(10-11)21-13-7-5-4-6-12(13)17/h4-10H,1-3H3,(H,18,19,20). The maximum absolute atomic E-state index is 11.7. The molecular weight excluding hydrogens is 348 g/mol. The number of nitrogens with zero attached hydrogens (tertiary/aromatic N) is 1. The van der Waals surface area contributed by atoms with E-state index in [9.17, 15) is 4.79 Å². The number of carbonyl (C=O) groups excluding carboxylic acids is 1. The molecule has 0 aliphatic rings. The molecule has 0 saturated heterocycles. The summed E-state index contributed by atoms with van der Waals surface area (Å²) in [5, 5.41) is 2.65. The van der Waals surface area contributed by atoms with Crippen LogP contribution in [-0.4, -0.2) is 16.7 Å². The fraction of sp³-hybridized carbons (Fsp3) is 0.250. The lowest BCUT2D eigenvalue weighted by atomic mass is 10.2. The van der Waals surface area contributed by atoms with Gasteiger partial charge in [-0.1, -0.05) is 12.1 Å². The van der Waals surface area contributed by atoms with Gasteiger partial charge >= 0.3 is 6.09 Å². The minimum absolute atomic E-state index is 0.375. The monoisotopic (exact) mass is 364 g/mol. The number of aromatic nitrogens is 1. The molecule has 0 spiro atoms. The van der Waals surface area contributed by atoms with E-state index in [4.69, 9.17) is 9.47 Å². The molecule has 0 atom stereocenters. The number of pyridine rings is 1. The van der Waals surface area contributed by atoms with Crippen LogP contribution in [0.1, 0.15) is 20.8 Å². The Kier molecular flexibility index (Phi) is 5.03. The van der Waals surface area contributed by atoms with Crippen LogP contribution in [0.5, 0.6) is 11.6 Å². The van der Waals surface area contributed by atoms with Gasteiger partial charge in [0.05, 0.1) is 10.2 Å². The third kappa shape index (κ3) is 5.04. The maximum atomic E-state index is 11.7. The SMILES string of the molecule is CC(C)(C)OC(=O)Nc1ccnc(Oc2ccccc2Br)c1. The molecule has 2 rings (SSSR count). The summed E-state index contributed by atoms with van der Waals surface area (Å²) in [6, 6.07) is 10.7. The first kappa shape index (κ1) is 16.3. The van der Waals surface area contributed by atoms with E-state index >= 15 is 0 Å². The van der Waals surface area contributed by atoms with E-state index in [2.05, 4.69) is 26.2 Å². The van der Waals surface area contributed by atoms with Gasteiger partial charge in [-0.3, -0.25) is 5.32 Å². The molecule has 1 heterocycles. The molecule has 5 nitrogen and oxygen atoms in total. The number of anilines is 1. The Labute approximate surface area is 137 Å². The normalized spacial score (nSPS) is 10.9. The molecule has 1 amide bonds. The summed E-state index contributed by atoms with van der Waals surface area (Å²) >= 11 is 3.40. The molecule has 0 bridgehead atoms. The average molecular weight is 365 g/mol. The van der Waals surface area contributed by atoms with Crippen LogP contribution in [0.4, 0.5) is 10.5 Å². The van der Waals surface area contributed by atoms with Crippen molar-refractivity contribution in [2.75, 3.05) is 5.32 Å². The summed E-state index contributed by atoms with van der Waals surface area (Å²) in [7, 11) is 0. The van der Waals surface area contributed by atoms with E-state index in [1.807, 2.05) is 24.3 Å². The fourth-order valence-corrected chi connectivity index (χ4v) is 1.97. The van der Waals surface area contributed by atoms with Crippen LogP contribution in [0.2, 0.25) is 0 Å². The number of carbonyl (C=O) groups is 1. The molecule has 22 heavy (non-hydrogen) atoms. The molecule has 0 radical (unpaired) electrons. The van der Waals surface area contributed by atoms with Crippen LogP contribution >= 0.6 is 15.9 Å². The first-order valence-corrected chi connectivity index (χ1v) is 7.51. The van der Waals surface area contributed by atoms with Gasteiger partial charge in [-0.2, -0.15) is 0 Å². The van der Waals surface area contributed by atoms with Crippen molar-refractivity contribution in [2.24, 2.45) is 0 Å². The lowest BCUT2D eigenvalue weighted by molar-refractivity contribution is 0.0636. The molecule has 0 aliphatic heterocycles. The highest BCUT2D eigenvalue weighted by Crippen LogP contribution is 2.29. The quantitative estimate of drug-likeness (QED) is 0.833. The Hall–Kier alpha value is -2.08. The number of hydrogen-bond acceptors (Lipinski definition) is 4. The average Bonchev–Trinajstić information content (AvgIpc) is 2.39. The minimum atomic E-state index is -0.550. The number of nitrogens with one attached hydrogen (secondary N) is 1. The predicted molar refractivity (Wildman–Crippen MR) is 88.3 cm³/mol. The number of benzene rings is 1. The van der Waals surface area contributed by atoms with Crippen molar-refractivity contribution in [3.05, 3.63) is 47.1 Å². The third-order valence-corrected chi connectivity index (χ3v) is 3.09. The zero-order valence-corrected chi connectivity index (χ0v) is 14.2. The van der Waals surface area contributed by atoms with Crippen LogP contribution in [0.25, 0.3) is 0 Å². The minimum Gasteiger partial charge on any atom is -0.444 e. The van der Waals surface area contributed by atoms with Gasteiger partial charge in [0.1, 0.15) is 11.4 Å². The van der Waals surface area contributed by atoms with Gasteiger partial charge in [-0.15, -0.1) is 0 Å². The molecule has 0 fully saturated rings. The molecule has 0 saturated carbocycles. The maximum Gasteiger partial charge on any atom is 0.412 e. The van der Waals surface area contributed by atoms with E-state index in [1.54, 1.807) is 39.1 Å². The van der Waals surface area contributed by atoms with Gasteiger partial charge < -0.3 is 9.47 Å². The number of ether oxygens (including phenoxy) is 2. The largest absolute Gasteiger partial charge is 0.444 e. The molecule has 2 aromatic rings. The Morgan fingerprint density at radius 1 is 1.23 bits per heavy atom. The Balaban J connectivity index is 2.07. The van der Waals surface area contributed by atoms with Crippen LogP contribution < -0.4 is 10.1 Å². The van der Waals surface area contributed by atoms with Crippen LogP contribution in [0.15, 0.2) is 47.1 Å². The van der Waals surface area contributed by atoms with Gasteiger partial charge in [-0.05, 0) is 54.9 Å². The molecule has 1 aromatic heterocycles. The third-order valence-electron chi connectivity index (χ3n) is 2.43. The zero-order valence-electron chi connectivity index (χ0n) is 12.6. The molecular formula is C16H17BrN2O3. The van der Waals surface area contributed by atoms with Crippen molar-refractivity contribution in [3.63, 3.8) is 0 Å². The Morgan fingerprint density at radius 3 is 2.64 bits per heavy atom.